The van der Waals surface area contributed by atoms with E-state index in [2.05, 4.69) is 5.32 Å². The maximum atomic E-state index is 13.7. The van der Waals surface area contributed by atoms with Crippen LogP contribution in [0.2, 0.25) is 0 Å². The molecule has 0 radical (unpaired) electrons. The summed E-state index contributed by atoms with van der Waals surface area (Å²) in [5, 5.41) is 2.62. The molecule has 0 aliphatic heterocycles. The summed E-state index contributed by atoms with van der Waals surface area (Å²) in [6.07, 6.45) is -0.244. The highest BCUT2D eigenvalue weighted by Crippen LogP contribution is 2.11. The average Bonchev–Trinajstić information content (AvgIpc) is 2.37. The van der Waals surface area contributed by atoms with Gasteiger partial charge in [-0.05, 0) is 18.6 Å². The number of nitrogens with one attached hydrogen (secondary N) is 1. The van der Waals surface area contributed by atoms with Crippen molar-refractivity contribution in [1.82, 2.24) is 5.32 Å². The lowest BCUT2D eigenvalue weighted by Crippen LogP contribution is -2.36. The van der Waals surface area contributed by atoms with Gasteiger partial charge in [-0.15, -0.1) is 0 Å². The number of carbonyl (C=O) groups is 1. The molecule has 1 unspecified atom stereocenters. The molecular formula is C13H18FNO3. The van der Waals surface area contributed by atoms with Crippen molar-refractivity contribution < 1.29 is 18.7 Å². The van der Waals surface area contributed by atoms with E-state index in [9.17, 15) is 9.18 Å². The van der Waals surface area contributed by atoms with Crippen LogP contribution in [0.4, 0.5) is 4.39 Å². The molecule has 1 aromatic rings. The molecule has 1 N–H and O–H groups in total. The molecule has 0 saturated heterocycles. The quantitative estimate of drug-likeness (QED) is 0.838. The highest BCUT2D eigenvalue weighted by Gasteiger charge is 2.14. The summed E-state index contributed by atoms with van der Waals surface area (Å²) >= 11 is 0. The van der Waals surface area contributed by atoms with Crippen LogP contribution >= 0.6 is 0 Å². The number of amides is 1. The van der Waals surface area contributed by atoms with Crippen molar-refractivity contribution in [2.24, 2.45) is 0 Å². The minimum Gasteiger partial charge on any atom is -0.382 e. The Morgan fingerprint density at radius 1 is 1.44 bits per heavy atom. The number of halogens is 1. The van der Waals surface area contributed by atoms with E-state index in [4.69, 9.17) is 9.47 Å². The molecule has 1 aromatic carbocycles. The van der Waals surface area contributed by atoms with E-state index in [-0.39, 0.29) is 18.2 Å². The van der Waals surface area contributed by atoms with Crippen LogP contribution in [-0.4, -0.2) is 39.4 Å². The number of ether oxygens (including phenoxy) is 2. The van der Waals surface area contributed by atoms with Crippen LogP contribution in [0.25, 0.3) is 0 Å². The summed E-state index contributed by atoms with van der Waals surface area (Å²) in [5.74, 6) is -0.940. The molecule has 0 heterocycles. The van der Waals surface area contributed by atoms with Crippen molar-refractivity contribution >= 4 is 5.91 Å². The second kappa shape index (κ2) is 7.08. The predicted octanol–water partition coefficient (Wildman–Crippen LogP) is 1.53. The second-order valence-corrected chi connectivity index (χ2v) is 3.96. The third-order valence-electron chi connectivity index (χ3n) is 2.61. The van der Waals surface area contributed by atoms with E-state index in [1.54, 1.807) is 26.2 Å². The molecule has 0 bridgehead atoms. The lowest BCUT2D eigenvalue weighted by atomic mass is 10.1. The molecule has 1 rings (SSSR count). The molecular weight excluding hydrogens is 237 g/mol. The van der Waals surface area contributed by atoms with Crippen LogP contribution in [-0.2, 0) is 9.47 Å². The number of hydrogen-bond acceptors (Lipinski definition) is 3. The normalized spacial score (nSPS) is 12.2. The largest absolute Gasteiger partial charge is 0.382 e. The first-order valence-electron chi connectivity index (χ1n) is 5.65. The van der Waals surface area contributed by atoms with Gasteiger partial charge in [-0.25, -0.2) is 4.39 Å². The van der Waals surface area contributed by atoms with Crippen LogP contribution in [0, 0.1) is 12.7 Å². The minimum atomic E-state index is -0.490. The molecule has 4 nitrogen and oxygen atoms in total. The van der Waals surface area contributed by atoms with Gasteiger partial charge < -0.3 is 14.8 Å². The number of rotatable bonds is 6. The van der Waals surface area contributed by atoms with Crippen LogP contribution in [0.5, 0.6) is 0 Å². The molecule has 100 valence electrons. The van der Waals surface area contributed by atoms with E-state index in [0.717, 1.165) is 0 Å². The van der Waals surface area contributed by atoms with E-state index >= 15 is 0 Å². The fourth-order valence-electron chi connectivity index (χ4n) is 1.52. The van der Waals surface area contributed by atoms with Gasteiger partial charge in [0.1, 0.15) is 5.82 Å². The molecule has 0 aliphatic rings. The van der Waals surface area contributed by atoms with Gasteiger partial charge in [0.2, 0.25) is 0 Å². The molecule has 0 spiro atoms. The predicted molar refractivity (Wildman–Crippen MR) is 66.1 cm³/mol. The number of methoxy groups -OCH3 is 2. The first-order valence-corrected chi connectivity index (χ1v) is 5.65. The first-order chi connectivity index (χ1) is 8.60. The zero-order valence-corrected chi connectivity index (χ0v) is 10.8. The Hall–Kier alpha value is -1.46. The minimum absolute atomic E-state index is 0.0438. The lowest BCUT2D eigenvalue weighted by Gasteiger charge is -2.15. The Bertz CT molecular complexity index is 409. The van der Waals surface area contributed by atoms with E-state index < -0.39 is 11.7 Å². The van der Waals surface area contributed by atoms with Gasteiger partial charge >= 0.3 is 0 Å². The summed E-state index contributed by atoms with van der Waals surface area (Å²) < 4.78 is 23.7. The Labute approximate surface area is 106 Å². The van der Waals surface area contributed by atoms with Crippen LogP contribution in [0.1, 0.15) is 15.9 Å². The van der Waals surface area contributed by atoms with E-state index in [1.165, 1.54) is 13.2 Å². The first kappa shape index (κ1) is 14.6. The zero-order chi connectivity index (χ0) is 13.5. The van der Waals surface area contributed by atoms with Gasteiger partial charge in [0, 0.05) is 20.8 Å². The Kier molecular flexibility index (Phi) is 5.74. The Balaban J connectivity index is 2.62. The summed E-state index contributed by atoms with van der Waals surface area (Å²) in [5.41, 5.74) is 0.491. The van der Waals surface area contributed by atoms with Crippen LogP contribution in [0.15, 0.2) is 18.2 Å². The number of carbonyl (C=O) groups excluding carboxylic acids is 1. The van der Waals surface area contributed by atoms with Crippen molar-refractivity contribution in [3.63, 3.8) is 0 Å². The molecule has 0 fully saturated rings. The van der Waals surface area contributed by atoms with Crippen molar-refractivity contribution in [1.29, 1.82) is 0 Å². The second-order valence-electron chi connectivity index (χ2n) is 3.96. The van der Waals surface area contributed by atoms with Crippen molar-refractivity contribution in [3.05, 3.63) is 35.1 Å². The summed E-state index contributed by atoms with van der Waals surface area (Å²) in [7, 11) is 3.08. The molecule has 18 heavy (non-hydrogen) atoms. The van der Waals surface area contributed by atoms with Gasteiger partial charge in [-0.3, -0.25) is 4.79 Å². The van der Waals surface area contributed by atoms with Crippen molar-refractivity contribution in [2.45, 2.75) is 13.0 Å². The molecule has 0 aliphatic carbocycles. The van der Waals surface area contributed by atoms with Crippen LogP contribution < -0.4 is 5.32 Å². The number of hydrogen-bond donors (Lipinski definition) is 1. The molecule has 1 atom stereocenters. The topological polar surface area (TPSA) is 47.6 Å². The summed E-state index contributed by atoms with van der Waals surface area (Å²) in [4.78, 5) is 11.8. The van der Waals surface area contributed by atoms with E-state index in [0.29, 0.717) is 12.2 Å². The average molecular weight is 255 g/mol. The highest BCUT2D eigenvalue weighted by atomic mass is 19.1. The summed E-state index contributed by atoms with van der Waals surface area (Å²) in [6, 6.07) is 4.72. The smallest absolute Gasteiger partial charge is 0.254 e. The van der Waals surface area contributed by atoms with Gasteiger partial charge in [-0.1, -0.05) is 12.1 Å². The maximum absolute atomic E-state index is 13.7. The molecule has 0 aromatic heterocycles. The number of aryl methyl sites for hydroxylation is 1. The fourth-order valence-corrected chi connectivity index (χ4v) is 1.52. The molecule has 1 amide bonds. The Morgan fingerprint density at radius 2 is 2.17 bits per heavy atom. The number of benzene rings is 1. The standard InChI is InChI=1S/C13H18FNO3/c1-9-5-4-6-11(12(9)14)13(16)15-7-10(18-3)8-17-2/h4-6,10H,7-8H2,1-3H3,(H,15,16). The van der Waals surface area contributed by atoms with Crippen molar-refractivity contribution in [3.8, 4) is 0 Å². The zero-order valence-electron chi connectivity index (χ0n) is 10.8. The van der Waals surface area contributed by atoms with Gasteiger partial charge in [-0.2, -0.15) is 0 Å². The summed E-state index contributed by atoms with van der Waals surface area (Å²) in [6.45, 7) is 2.26. The lowest BCUT2D eigenvalue weighted by molar-refractivity contribution is 0.0285. The van der Waals surface area contributed by atoms with E-state index in [1.807, 2.05) is 0 Å². The SMILES string of the molecule is COCC(CNC(=O)c1cccc(C)c1F)OC. The monoisotopic (exact) mass is 255 g/mol. The molecule has 5 heteroatoms. The third kappa shape index (κ3) is 3.78. The molecule has 0 saturated carbocycles. The van der Waals surface area contributed by atoms with Crippen LogP contribution in [0.3, 0.4) is 0 Å². The van der Waals surface area contributed by atoms with Crippen molar-refractivity contribution in [2.75, 3.05) is 27.4 Å². The fraction of sp³-hybridized carbons (Fsp3) is 0.462. The Morgan fingerprint density at radius 3 is 2.78 bits per heavy atom. The van der Waals surface area contributed by atoms with Gasteiger partial charge in [0.15, 0.2) is 0 Å². The van der Waals surface area contributed by atoms with Gasteiger partial charge in [0.25, 0.3) is 5.91 Å². The maximum Gasteiger partial charge on any atom is 0.254 e. The van der Waals surface area contributed by atoms with Gasteiger partial charge in [0.05, 0.1) is 18.3 Å². The third-order valence-corrected chi connectivity index (χ3v) is 2.61. The highest BCUT2D eigenvalue weighted by molar-refractivity contribution is 5.94.